The lowest BCUT2D eigenvalue weighted by Crippen LogP contribution is -2.23. The zero-order chi connectivity index (χ0) is 18.3. The van der Waals surface area contributed by atoms with E-state index >= 15 is 0 Å². The third-order valence-electron chi connectivity index (χ3n) is 4.20. The monoisotopic (exact) mass is 347 g/mol. The number of fused-ring (bicyclic) bond motifs is 2. The highest BCUT2D eigenvalue weighted by atomic mass is 16.4. The molecule has 7 nitrogen and oxygen atoms in total. The summed E-state index contributed by atoms with van der Waals surface area (Å²) in [6.45, 7) is 0. The Morgan fingerprint density at radius 1 is 0.962 bits per heavy atom. The summed E-state index contributed by atoms with van der Waals surface area (Å²) in [6.07, 6.45) is 3.00. The number of aromatic amines is 2. The van der Waals surface area contributed by atoms with Crippen LogP contribution >= 0.6 is 0 Å². The van der Waals surface area contributed by atoms with E-state index < -0.39 is 17.3 Å². The van der Waals surface area contributed by atoms with Crippen molar-refractivity contribution in [2.24, 2.45) is 0 Å². The van der Waals surface area contributed by atoms with Gasteiger partial charge in [0.05, 0.1) is 11.3 Å². The third-order valence-corrected chi connectivity index (χ3v) is 4.20. The topological polar surface area (TPSA) is 115 Å². The lowest BCUT2D eigenvalue weighted by atomic mass is 10.1. The van der Waals surface area contributed by atoms with Crippen molar-refractivity contribution in [1.29, 1.82) is 0 Å². The first-order valence-electron chi connectivity index (χ1n) is 7.81. The first-order chi connectivity index (χ1) is 12.5. The highest BCUT2D eigenvalue weighted by molar-refractivity contribution is 6.10. The second-order valence-corrected chi connectivity index (χ2v) is 5.80. The number of benzene rings is 2. The largest absolute Gasteiger partial charge is 0.478 e. The van der Waals surface area contributed by atoms with Gasteiger partial charge in [-0.1, -0.05) is 12.1 Å². The number of hydrogen-bond acceptors (Lipinski definition) is 3. The van der Waals surface area contributed by atoms with Crippen molar-refractivity contribution in [3.8, 4) is 0 Å². The van der Waals surface area contributed by atoms with E-state index in [0.29, 0.717) is 21.8 Å². The molecule has 0 saturated carbocycles. The molecule has 4 N–H and O–H groups in total. The van der Waals surface area contributed by atoms with E-state index in [1.807, 2.05) is 0 Å². The summed E-state index contributed by atoms with van der Waals surface area (Å²) >= 11 is 0. The zero-order valence-corrected chi connectivity index (χ0v) is 13.4. The van der Waals surface area contributed by atoms with Crippen LogP contribution in [0, 0.1) is 0 Å². The van der Waals surface area contributed by atoms with Crippen molar-refractivity contribution in [2.45, 2.75) is 0 Å². The molecule has 2 heterocycles. The Morgan fingerprint density at radius 2 is 1.77 bits per heavy atom. The van der Waals surface area contributed by atoms with Gasteiger partial charge >= 0.3 is 5.97 Å². The zero-order valence-electron chi connectivity index (χ0n) is 13.4. The normalized spacial score (nSPS) is 10.9. The molecule has 26 heavy (non-hydrogen) atoms. The van der Waals surface area contributed by atoms with E-state index in [0.717, 1.165) is 0 Å². The highest BCUT2D eigenvalue weighted by Crippen LogP contribution is 2.24. The van der Waals surface area contributed by atoms with Crippen molar-refractivity contribution >= 4 is 39.4 Å². The Hall–Kier alpha value is -3.87. The van der Waals surface area contributed by atoms with Crippen molar-refractivity contribution < 1.29 is 14.7 Å². The maximum absolute atomic E-state index is 12.6. The lowest BCUT2D eigenvalue weighted by molar-refractivity contribution is 0.0698. The number of rotatable bonds is 3. The average Bonchev–Trinajstić information content (AvgIpc) is 3.08. The van der Waals surface area contributed by atoms with Crippen LogP contribution in [0.5, 0.6) is 0 Å². The predicted octanol–water partition coefficient (Wildman–Crippen LogP) is 2.96. The number of anilines is 1. The van der Waals surface area contributed by atoms with Crippen LogP contribution in [0.25, 0.3) is 21.8 Å². The van der Waals surface area contributed by atoms with E-state index in [1.165, 1.54) is 18.3 Å². The molecule has 0 radical (unpaired) electrons. The van der Waals surface area contributed by atoms with Crippen LogP contribution in [0.15, 0.2) is 59.7 Å². The number of para-hydroxylation sites is 1. The molecule has 128 valence electrons. The van der Waals surface area contributed by atoms with E-state index in [1.54, 1.807) is 36.5 Å². The Kier molecular flexibility index (Phi) is 3.54. The summed E-state index contributed by atoms with van der Waals surface area (Å²) in [7, 11) is 0. The SMILES string of the molecule is O=C(O)c1cc2cc[nH]c2cc1NC(=O)c1c[nH]c2ccccc2c1=O. The van der Waals surface area contributed by atoms with Gasteiger partial charge in [-0.3, -0.25) is 9.59 Å². The van der Waals surface area contributed by atoms with E-state index in [9.17, 15) is 19.5 Å². The lowest BCUT2D eigenvalue weighted by Gasteiger charge is -2.09. The summed E-state index contributed by atoms with van der Waals surface area (Å²) in [4.78, 5) is 42.5. The Labute approximate surface area is 146 Å². The second-order valence-electron chi connectivity index (χ2n) is 5.80. The molecule has 0 aliphatic rings. The van der Waals surface area contributed by atoms with Crippen molar-refractivity contribution in [2.75, 3.05) is 5.32 Å². The molecule has 0 aliphatic heterocycles. The van der Waals surface area contributed by atoms with Gasteiger partial charge in [0, 0.05) is 34.2 Å². The van der Waals surface area contributed by atoms with Crippen LogP contribution < -0.4 is 10.7 Å². The highest BCUT2D eigenvalue weighted by Gasteiger charge is 2.18. The number of pyridine rings is 1. The first kappa shape index (κ1) is 15.6. The molecule has 7 heteroatoms. The van der Waals surface area contributed by atoms with Crippen molar-refractivity contribution in [1.82, 2.24) is 9.97 Å². The molecular formula is C19H13N3O4. The number of carboxylic acids is 1. The molecule has 1 amide bonds. The number of amides is 1. The Balaban J connectivity index is 1.78. The average molecular weight is 347 g/mol. The maximum atomic E-state index is 12.6. The Morgan fingerprint density at radius 3 is 2.58 bits per heavy atom. The van der Waals surface area contributed by atoms with Gasteiger partial charge < -0.3 is 20.4 Å². The molecule has 0 bridgehead atoms. The molecular weight excluding hydrogens is 334 g/mol. The van der Waals surface area contributed by atoms with Gasteiger partial charge in [0.2, 0.25) is 5.43 Å². The van der Waals surface area contributed by atoms with Crippen molar-refractivity contribution in [3.05, 3.63) is 76.2 Å². The van der Waals surface area contributed by atoms with Gasteiger partial charge in [-0.2, -0.15) is 0 Å². The van der Waals surface area contributed by atoms with Gasteiger partial charge in [0.25, 0.3) is 5.91 Å². The molecule has 4 aromatic rings. The first-order valence-corrected chi connectivity index (χ1v) is 7.81. The van der Waals surface area contributed by atoms with Gasteiger partial charge in [-0.15, -0.1) is 0 Å². The quantitative estimate of drug-likeness (QED) is 0.456. The molecule has 0 atom stereocenters. The number of aromatic carboxylic acids is 1. The van der Waals surface area contributed by atoms with Gasteiger partial charge in [-0.05, 0) is 30.3 Å². The molecule has 2 aromatic carbocycles. The number of carbonyl (C=O) groups excluding carboxylic acids is 1. The fourth-order valence-corrected chi connectivity index (χ4v) is 2.91. The molecule has 0 unspecified atom stereocenters. The number of H-pyrrole nitrogens is 2. The van der Waals surface area contributed by atoms with Crippen LogP contribution in [0.4, 0.5) is 5.69 Å². The second kappa shape index (κ2) is 5.89. The Bertz CT molecular complexity index is 1240. The third kappa shape index (κ3) is 2.51. The summed E-state index contributed by atoms with van der Waals surface area (Å²) < 4.78 is 0. The molecule has 4 rings (SSSR count). The van der Waals surface area contributed by atoms with E-state index in [-0.39, 0.29) is 16.8 Å². The van der Waals surface area contributed by atoms with E-state index in [4.69, 9.17) is 0 Å². The maximum Gasteiger partial charge on any atom is 0.337 e. The fraction of sp³-hybridized carbons (Fsp3) is 0. The minimum atomic E-state index is -1.17. The smallest absolute Gasteiger partial charge is 0.337 e. The van der Waals surface area contributed by atoms with E-state index in [2.05, 4.69) is 15.3 Å². The number of carboxylic acid groups (broad SMARTS) is 1. The fourth-order valence-electron chi connectivity index (χ4n) is 2.91. The molecule has 2 aromatic heterocycles. The van der Waals surface area contributed by atoms with Gasteiger partial charge in [0.15, 0.2) is 0 Å². The number of hydrogen-bond donors (Lipinski definition) is 4. The molecule has 0 spiro atoms. The summed E-state index contributed by atoms with van der Waals surface area (Å²) in [5.74, 6) is -1.85. The molecule has 0 saturated heterocycles. The number of nitrogens with one attached hydrogen (secondary N) is 3. The molecule has 0 fully saturated rings. The van der Waals surface area contributed by atoms with Crippen LogP contribution in [-0.2, 0) is 0 Å². The van der Waals surface area contributed by atoms with Crippen LogP contribution in [0.2, 0.25) is 0 Å². The van der Waals surface area contributed by atoms with Crippen LogP contribution in [-0.4, -0.2) is 27.0 Å². The summed E-state index contributed by atoms with van der Waals surface area (Å²) in [5, 5.41) is 13.0. The van der Waals surface area contributed by atoms with Gasteiger partial charge in [-0.25, -0.2) is 4.79 Å². The van der Waals surface area contributed by atoms with Crippen LogP contribution in [0.1, 0.15) is 20.7 Å². The van der Waals surface area contributed by atoms with Crippen LogP contribution in [0.3, 0.4) is 0 Å². The number of aromatic nitrogens is 2. The van der Waals surface area contributed by atoms with Crippen molar-refractivity contribution in [3.63, 3.8) is 0 Å². The van der Waals surface area contributed by atoms with Gasteiger partial charge in [0.1, 0.15) is 5.56 Å². The minimum absolute atomic E-state index is 0.0531. The standard InChI is InChI=1S/C19H13N3O4/c23-17-11-3-1-2-4-14(11)21-9-13(17)18(24)22-16-8-15-10(5-6-20-15)7-12(16)19(25)26/h1-9,20H,(H,21,23)(H,22,24)(H,25,26). The predicted molar refractivity (Wildman–Crippen MR) is 97.8 cm³/mol. The minimum Gasteiger partial charge on any atom is -0.478 e. The number of carbonyl (C=O) groups is 2. The summed E-state index contributed by atoms with van der Waals surface area (Å²) in [5.41, 5.74) is 0.847. The summed E-state index contributed by atoms with van der Waals surface area (Å²) in [6, 6.07) is 11.6. The molecule has 0 aliphatic carbocycles.